The summed E-state index contributed by atoms with van der Waals surface area (Å²) in [5.41, 5.74) is 5.34. The minimum absolute atomic E-state index is 0.582. The molecule has 0 bridgehead atoms. The van der Waals surface area contributed by atoms with Crippen LogP contribution in [0.4, 0.5) is 0 Å². The van der Waals surface area contributed by atoms with E-state index < -0.39 is 0 Å². The lowest BCUT2D eigenvalue weighted by atomic mass is 10.2. The summed E-state index contributed by atoms with van der Waals surface area (Å²) in [7, 11) is 0. The Morgan fingerprint density at radius 1 is 1.78 bits per heavy atom. The van der Waals surface area contributed by atoms with Gasteiger partial charge in [0, 0.05) is 25.7 Å². The summed E-state index contributed by atoms with van der Waals surface area (Å²) in [4.78, 5) is 2.13. The monoisotopic (exact) mass is 128 g/mol. The zero-order chi connectivity index (χ0) is 6.69. The maximum Gasteiger partial charge on any atom is 0.0867 e. The highest BCUT2D eigenvalue weighted by molar-refractivity contribution is 4.76. The molecule has 1 heterocycles. The molecule has 0 spiro atoms. The number of nitrogens with zero attached hydrogens (tertiary/aromatic N) is 1. The van der Waals surface area contributed by atoms with Gasteiger partial charge in [-0.25, -0.2) is 0 Å². The van der Waals surface area contributed by atoms with Gasteiger partial charge in [0.1, 0.15) is 0 Å². The van der Waals surface area contributed by atoms with Crippen molar-refractivity contribution in [2.45, 2.75) is 13.0 Å². The SMILES string of the molecule is CC1CN([CH]N)CCN1. The number of piperazine rings is 1. The van der Waals surface area contributed by atoms with E-state index in [0.717, 1.165) is 19.6 Å². The number of hydrogen-bond donors (Lipinski definition) is 2. The third-order valence-electron chi connectivity index (χ3n) is 1.61. The van der Waals surface area contributed by atoms with Crippen LogP contribution in [0.25, 0.3) is 0 Å². The zero-order valence-electron chi connectivity index (χ0n) is 5.80. The van der Waals surface area contributed by atoms with Crippen molar-refractivity contribution in [3.8, 4) is 0 Å². The smallest absolute Gasteiger partial charge is 0.0867 e. The molecule has 3 nitrogen and oxygen atoms in total. The van der Waals surface area contributed by atoms with E-state index in [1.807, 2.05) is 0 Å². The molecular formula is C6H14N3. The van der Waals surface area contributed by atoms with E-state index in [1.54, 1.807) is 6.67 Å². The van der Waals surface area contributed by atoms with Crippen LogP contribution in [0.2, 0.25) is 0 Å². The lowest BCUT2D eigenvalue weighted by molar-refractivity contribution is 0.248. The molecule has 1 fully saturated rings. The topological polar surface area (TPSA) is 41.3 Å². The minimum Gasteiger partial charge on any atom is -0.313 e. The second kappa shape index (κ2) is 3.15. The Kier molecular flexibility index (Phi) is 2.45. The maximum atomic E-state index is 5.34. The second-order valence-electron chi connectivity index (χ2n) is 2.50. The quantitative estimate of drug-likeness (QED) is 0.493. The molecular weight excluding hydrogens is 114 g/mol. The Labute approximate surface area is 56.2 Å². The number of rotatable bonds is 1. The summed E-state index contributed by atoms with van der Waals surface area (Å²) in [5.74, 6) is 0. The van der Waals surface area contributed by atoms with Gasteiger partial charge in [-0.3, -0.25) is 4.90 Å². The fraction of sp³-hybridized carbons (Fsp3) is 0.833. The molecule has 9 heavy (non-hydrogen) atoms. The first kappa shape index (κ1) is 6.99. The van der Waals surface area contributed by atoms with E-state index in [0.29, 0.717) is 6.04 Å². The fourth-order valence-electron chi connectivity index (χ4n) is 1.10. The largest absolute Gasteiger partial charge is 0.313 e. The summed E-state index contributed by atoms with van der Waals surface area (Å²) in [6, 6.07) is 0.582. The van der Waals surface area contributed by atoms with Crippen LogP contribution in [0.1, 0.15) is 6.92 Å². The van der Waals surface area contributed by atoms with Crippen molar-refractivity contribution in [1.82, 2.24) is 10.2 Å². The highest BCUT2D eigenvalue weighted by atomic mass is 15.2. The highest BCUT2D eigenvalue weighted by Gasteiger charge is 2.12. The third kappa shape index (κ3) is 1.93. The molecule has 1 saturated heterocycles. The van der Waals surface area contributed by atoms with Crippen molar-refractivity contribution in [1.29, 1.82) is 0 Å². The van der Waals surface area contributed by atoms with Gasteiger partial charge in [-0.15, -0.1) is 0 Å². The first-order chi connectivity index (χ1) is 4.33. The van der Waals surface area contributed by atoms with Gasteiger partial charge >= 0.3 is 0 Å². The Morgan fingerprint density at radius 3 is 3.00 bits per heavy atom. The average Bonchev–Trinajstić information content (AvgIpc) is 1.88. The van der Waals surface area contributed by atoms with Crippen LogP contribution in [-0.4, -0.2) is 30.6 Å². The fourth-order valence-corrected chi connectivity index (χ4v) is 1.10. The molecule has 1 aliphatic heterocycles. The maximum absolute atomic E-state index is 5.34. The van der Waals surface area contributed by atoms with Gasteiger partial charge in [-0.2, -0.15) is 0 Å². The van der Waals surface area contributed by atoms with Crippen molar-refractivity contribution >= 4 is 0 Å². The molecule has 0 aromatic heterocycles. The van der Waals surface area contributed by atoms with Crippen molar-refractivity contribution in [2.75, 3.05) is 19.6 Å². The van der Waals surface area contributed by atoms with Gasteiger partial charge in [0.2, 0.25) is 0 Å². The molecule has 3 N–H and O–H groups in total. The lowest BCUT2D eigenvalue weighted by Crippen LogP contribution is -2.48. The normalized spacial score (nSPS) is 30.7. The van der Waals surface area contributed by atoms with Crippen LogP contribution in [0.15, 0.2) is 0 Å². The van der Waals surface area contributed by atoms with Crippen LogP contribution < -0.4 is 11.1 Å². The minimum atomic E-state index is 0.582. The Hall–Kier alpha value is -0.120. The molecule has 0 amide bonds. The molecule has 3 heteroatoms. The molecule has 1 unspecified atom stereocenters. The summed E-state index contributed by atoms with van der Waals surface area (Å²) in [5, 5.41) is 3.33. The summed E-state index contributed by atoms with van der Waals surface area (Å²) < 4.78 is 0. The van der Waals surface area contributed by atoms with Crippen LogP contribution in [0, 0.1) is 6.67 Å². The predicted octanol–water partition coefficient (Wildman–Crippen LogP) is -0.642. The molecule has 0 aliphatic carbocycles. The van der Waals surface area contributed by atoms with Crippen molar-refractivity contribution < 1.29 is 0 Å². The molecule has 53 valence electrons. The Bertz CT molecular complexity index is 84.4. The lowest BCUT2D eigenvalue weighted by Gasteiger charge is -2.29. The van der Waals surface area contributed by atoms with Gasteiger partial charge in [-0.1, -0.05) is 0 Å². The van der Waals surface area contributed by atoms with E-state index in [-0.39, 0.29) is 0 Å². The first-order valence-corrected chi connectivity index (χ1v) is 3.35. The van der Waals surface area contributed by atoms with Crippen molar-refractivity contribution in [2.24, 2.45) is 5.73 Å². The summed E-state index contributed by atoms with van der Waals surface area (Å²) in [6.45, 7) is 6.96. The number of hydrogen-bond acceptors (Lipinski definition) is 3. The van der Waals surface area contributed by atoms with Crippen molar-refractivity contribution in [3.63, 3.8) is 0 Å². The molecule has 1 radical (unpaired) electrons. The van der Waals surface area contributed by atoms with Crippen molar-refractivity contribution in [3.05, 3.63) is 6.67 Å². The van der Waals surface area contributed by atoms with E-state index in [4.69, 9.17) is 5.73 Å². The molecule has 0 aromatic carbocycles. The molecule has 0 saturated carbocycles. The van der Waals surface area contributed by atoms with Gasteiger partial charge in [0.05, 0.1) is 6.67 Å². The Morgan fingerprint density at radius 2 is 2.56 bits per heavy atom. The zero-order valence-corrected chi connectivity index (χ0v) is 5.80. The number of nitrogens with one attached hydrogen (secondary N) is 1. The third-order valence-corrected chi connectivity index (χ3v) is 1.61. The van der Waals surface area contributed by atoms with Crippen LogP contribution in [0.5, 0.6) is 0 Å². The molecule has 1 aliphatic rings. The number of nitrogens with two attached hydrogens (primary N) is 1. The standard InChI is InChI=1S/C6H14N3/c1-6-4-9(5-7)3-2-8-6/h5-6,8H,2-4,7H2,1H3. The predicted molar refractivity (Wildman–Crippen MR) is 37.5 cm³/mol. The van der Waals surface area contributed by atoms with E-state index in [1.165, 1.54) is 0 Å². The van der Waals surface area contributed by atoms with Gasteiger partial charge in [0.15, 0.2) is 0 Å². The first-order valence-electron chi connectivity index (χ1n) is 3.35. The van der Waals surface area contributed by atoms with E-state index >= 15 is 0 Å². The average molecular weight is 128 g/mol. The van der Waals surface area contributed by atoms with E-state index in [9.17, 15) is 0 Å². The van der Waals surface area contributed by atoms with Gasteiger partial charge in [0.25, 0.3) is 0 Å². The second-order valence-corrected chi connectivity index (χ2v) is 2.50. The summed E-state index contributed by atoms with van der Waals surface area (Å²) >= 11 is 0. The Balaban J connectivity index is 2.23. The van der Waals surface area contributed by atoms with Gasteiger partial charge in [-0.05, 0) is 6.92 Å². The van der Waals surface area contributed by atoms with Gasteiger partial charge < -0.3 is 11.1 Å². The van der Waals surface area contributed by atoms with Crippen LogP contribution in [0.3, 0.4) is 0 Å². The van der Waals surface area contributed by atoms with E-state index in [2.05, 4.69) is 17.1 Å². The van der Waals surface area contributed by atoms with Crippen LogP contribution >= 0.6 is 0 Å². The molecule has 1 atom stereocenters. The molecule has 0 aromatic rings. The molecule has 1 rings (SSSR count). The summed E-state index contributed by atoms with van der Waals surface area (Å²) in [6.07, 6.45) is 0. The van der Waals surface area contributed by atoms with Crippen LogP contribution in [-0.2, 0) is 0 Å². The highest BCUT2D eigenvalue weighted by Crippen LogP contribution is 1.96.